The molecule has 4 rings (SSSR count). The minimum absolute atomic E-state index is 0.0277. The fourth-order valence-electron chi connectivity index (χ4n) is 3.95. The summed E-state index contributed by atoms with van der Waals surface area (Å²) in [4.78, 5) is 38.0. The van der Waals surface area contributed by atoms with E-state index < -0.39 is 28.4 Å². The number of carbonyl (C=O) groups excluding carboxylic acids is 2. The largest absolute Gasteiger partial charge is 0.507 e. The lowest BCUT2D eigenvalue weighted by atomic mass is 9.93. The number of Topliss-reactive ketones (excluding diaryl/α,β-unsaturated/α-hetero) is 1. The Balaban J connectivity index is 1.86. The summed E-state index contributed by atoms with van der Waals surface area (Å²) in [6, 6.07) is 15.3. The third-order valence-corrected chi connectivity index (χ3v) is 5.70. The number of hydrogen-bond donors (Lipinski definition) is 1. The first-order chi connectivity index (χ1) is 15.8. The van der Waals surface area contributed by atoms with E-state index >= 15 is 0 Å². The van der Waals surface area contributed by atoms with E-state index in [4.69, 9.17) is 4.42 Å². The number of nitro groups is 1. The van der Waals surface area contributed by atoms with Crippen molar-refractivity contribution in [1.29, 1.82) is 0 Å². The van der Waals surface area contributed by atoms with Crippen molar-refractivity contribution in [2.75, 3.05) is 0 Å². The molecule has 1 saturated heterocycles. The number of likely N-dealkylation sites (tertiary alicyclic amines) is 1. The molecular formula is C25H22N2O6. The van der Waals surface area contributed by atoms with E-state index in [1.165, 1.54) is 35.4 Å². The highest BCUT2D eigenvalue weighted by Gasteiger charge is 2.46. The van der Waals surface area contributed by atoms with E-state index in [-0.39, 0.29) is 23.4 Å². The lowest BCUT2D eigenvalue weighted by Gasteiger charge is -2.25. The highest BCUT2D eigenvalue weighted by molar-refractivity contribution is 6.46. The first kappa shape index (κ1) is 22.0. The molecule has 1 aromatic heterocycles. The molecule has 1 N–H and O–H groups in total. The lowest BCUT2D eigenvalue weighted by molar-refractivity contribution is -0.384. The Labute approximate surface area is 189 Å². The van der Waals surface area contributed by atoms with Gasteiger partial charge in [-0.3, -0.25) is 19.7 Å². The van der Waals surface area contributed by atoms with Crippen LogP contribution < -0.4 is 0 Å². The second kappa shape index (κ2) is 8.74. The number of amides is 1. The van der Waals surface area contributed by atoms with Crippen molar-refractivity contribution in [2.45, 2.75) is 32.4 Å². The molecule has 1 aliphatic heterocycles. The monoisotopic (exact) mass is 446 g/mol. The zero-order valence-corrected chi connectivity index (χ0v) is 18.1. The van der Waals surface area contributed by atoms with Crippen LogP contribution >= 0.6 is 0 Å². The first-order valence-corrected chi connectivity index (χ1v) is 10.4. The van der Waals surface area contributed by atoms with Crippen LogP contribution in [0.3, 0.4) is 0 Å². The van der Waals surface area contributed by atoms with Crippen molar-refractivity contribution >= 4 is 23.1 Å². The summed E-state index contributed by atoms with van der Waals surface area (Å²) in [5.74, 6) is -1.33. The molecule has 0 aliphatic carbocycles. The standard InChI is InChI=1S/C25H22N2O6/c1-15(2)16-8-10-17(11-9-16)22-21(23(28)18-5-3-6-19(13-18)27(31)32)24(29)25(30)26(22)14-20-7-4-12-33-20/h3-13,15,22,28H,14H2,1-2H3/b23-21+. The van der Waals surface area contributed by atoms with E-state index in [1.807, 2.05) is 24.3 Å². The van der Waals surface area contributed by atoms with Gasteiger partial charge in [0, 0.05) is 17.7 Å². The topological polar surface area (TPSA) is 114 Å². The van der Waals surface area contributed by atoms with Gasteiger partial charge in [0.1, 0.15) is 11.5 Å². The van der Waals surface area contributed by atoms with Gasteiger partial charge in [0.05, 0.1) is 29.3 Å². The minimum atomic E-state index is -0.879. The number of furan rings is 1. The van der Waals surface area contributed by atoms with Crippen molar-refractivity contribution in [2.24, 2.45) is 0 Å². The molecule has 1 fully saturated rings. The Hall–Kier alpha value is -4.20. The Kier molecular flexibility index (Phi) is 5.83. The number of nitro benzene ring substituents is 1. The molecule has 2 heterocycles. The predicted octanol–water partition coefficient (Wildman–Crippen LogP) is 4.93. The third-order valence-electron chi connectivity index (χ3n) is 5.70. The Morgan fingerprint density at radius 1 is 1.12 bits per heavy atom. The van der Waals surface area contributed by atoms with Crippen LogP contribution in [0.1, 0.15) is 48.3 Å². The van der Waals surface area contributed by atoms with E-state index in [9.17, 15) is 24.8 Å². The number of ketones is 1. The summed E-state index contributed by atoms with van der Waals surface area (Å²) in [6.07, 6.45) is 1.47. The summed E-state index contributed by atoms with van der Waals surface area (Å²) in [5.41, 5.74) is 1.45. The quantitative estimate of drug-likeness (QED) is 0.189. The molecule has 1 unspecified atom stereocenters. The highest BCUT2D eigenvalue weighted by atomic mass is 16.6. The van der Waals surface area contributed by atoms with Gasteiger partial charge in [-0.2, -0.15) is 0 Å². The molecule has 168 valence electrons. The molecule has 33 heavy (non-hydrogen) atoms. The van der Waals surface area contributed by atoms with Crippen LogP contribution in [0.5, 0.6) is 0 Å². The summed E-state index contributed by atoms with van der Waals surface area (Å²) < 4.78 is 5.38. The highest BCUT2D eigenvalue weighted by Crippen LogP contribution is 2.41. The first-order valence-electron chi connectivity index (χ1n) is 10.4. The van der Waals surface area contributed by atoms with Crippen molar-refractivity contribution < 1.29 is 24.0 Å². The maximum atomic E-state index is 13.1. The molecule has 1 atom stereocenters. The fourth-order valence-corrected chi connectivity index (χ4v) is 3.95. The number of carbonyl (C=O) groups is 2. The second-order valence-electron chi connectivity index (χ2n) is 8.14. The van der Waals surface area contributed by atoms with Crippen LogP contribution in [0.4, 0.5) is 5.69 Å². The van der Waals surface area contributed by atoms with Crippen LogP contribution in [0.15, 0.2) is 76.9 Å². The second-order valence-corrected chi connectivity index (χ2v) is 8.14. The normalized spacial score (nSPS) is 17.7. The van der Waals surface area contributed by atoms with Gasteiger partial charge in [-0.1, -0.05) is 50.2 Å². The average Bonchev–Trinajstić information content (AvgIpc) is 3.41. The Morgan fingerprint density at radius 2 is 1.85 bits per heavy atom. The van der Waals surface area contributed by atoms with Gasteiger partial charge in [-0.15, -0.1) is 0 Å². The SMILES string of the molecule is CC(C)c1ccc(C2/C(=C(\O)c3cccc([N+](=O)[O-])c3)C(=O)C(=O)N2Cc2ccco2)cc1. The fraction of sp³-hybridized carbons (Fsp3) is 0.200. The molecular weight excluding hydrogens is 424 g/mol. The molecule has 3 aromatic rings. The third kappa shape index (κ3) is 4.15. The van der Waals surface area contributed by atoms with E-state index in [0.29, 0.717) is 17.2 Å². The predicted molar refractivity (Wildman–Crippen MR) is 120 cm³/mol. The van der Waals surface area contributed by atoms with Crippen LogP contribution in [-0.4, -0.2) is 26.6 Å². The maximum Gasteiger partial charge on any atom is 0.296 e. The minimum Gasteiger partial charge on any atom is -0.507 e. The Bertz CT molecular complexity index is 1240. The zero-order chi connectivity index (χ0) is 23.7. The molecule has 1 amide bonds. The number of aliphatic hydroxyl groups excluding tert-OH is 1. The van der Waals surface area contributed by atoms with Gasteiger partial charge in [-0.05, 0) is 29.2 Å². The van der Waals surface area contributed by atoms with Crippen molar-refractivity contribution in [1.82, 2.24) is 4.90 Å². The van der Waals surface area contributed by atoms with Gasteiger partial charge in [0.2, 0.25) is 0 Å². The molecule has 0 saturated carbocycles. The summed E-state index contributed by atoms with van der Waals surface area (Å²) in [7, 11) is 0. The molecule has 8 nitrogen and oxygen atoms in total. The van der Waals surface area contributed by atoms with Gasteiger partial charge in [-0.25, -0.2) is 0 Å². The van der Waals surface area contributed by atoms with Crippen LogP contribution in [0, 0.1) is 10.1 Å². The molecule has 0 radical (unpaired) electrons. The zero-order valence-electron chi connectivity index (χ0n) is 18.1. The summed E-state index contributed by atoms with van der Waals surface area (Å²) in [5, 5.41) is 22.3. The van der Waals surface area contributed by atoms with E-state index in [0.717, 1.165) is 5.56 Å². The summed E-state index contributed by atoms with van der Waals surface area (Å²) in [6.45, 7) is 4.14. The van der Waals surface area contributed by atoms with Gasteiger partial charge in [0.15, 0.2) is 0 Å². The molecule has 2 aromatic carbocycles. The van der Waals surface area contributed by atoms with Gasteiger partial charge in [0.25, 0.3) is 17.4 Å². The Morgan fingerprint density at radius 3 is 2.45 bits per heavy atom. The number of benzene rings is 2. The number of aliphatic hydroxyl groups is 1. The maximum absolute atomic E-state index is 13.1. The van der Waals surface area contributed by atoms with E-state index in [2.05, 4.69) is 13.8 Å². The van der Waals surface area contributed by atoms with Crippen molar-refractivity contribution in [3.63, 3.8) is 0 Å². The van der Waals surface area contributed by atoms with Crippen LogP contribution in [0.2, 0.25) is 0 Å². The number of rotatable bonds is 6. The molecule has 0 bridgehead atoms. The number of non-ortho nitro benzene ring substituents is 1. The van der Waals surface area contributed by atoms with Crippen molar-refractivity contribution in [3.05, 3.63) is 105 Å². The number of hydrogen-bond acceptors (Lipinski definition) is 6. The van der Waals surface area contributed by atoms with Crippen LogP contribution in [-0.2, 0) is 16.1 Å². The smallest absolute Gasteiger partial charge is 0.296 e. The molecule has 1 aliphatic rings. The van der Waals surface area contributed by atoms with Gasteiger partial charge >= 0.3 is 0 Å². The summed E-state index contributed by atoms with van der Waals surface area (Å²) >= 11 is 0. The van der Waals surface area contributed by atoms with E-state index in [1.54, 1.807) is 12.1 Å². The van der Waals surface area contributed by atoms with Gasteiger partial charge < -0.3 is 14.4 Å². The lowest BCUT2D eigenvalue weighted by Crippen LogP contribution is -2.29. The molecule has 8 heteroatoms. The number of nitrogens with zero attached hydrogens (tertiary/aromatic N) is 2. The molecule has 0 spiro atoms. The van der Waals surface area contributed by atoms with Crippen LogP contribution in [0.25, 0.3) is 5.76 Å². The average molecular weight is 446 g/mol. The van der Waals surface area contributed by atoms with Crippen molar-refractivity contribution in [3.8, 4) is 0 Å².